The second kappa shape index (κ2) is 43.4. The van der Waals surface area contributed by atoms with E-state index in [0.717, 1.165) is 11.1 Å². The number of anilines is 1. The van der Waals surface area contributed by atoms with Gasteiger partial charge in [0.15, 0.2) is 11.2 Å². The van der Waals surface area contributed by atoms with Gasteiger partial charge in [-0.1, -0.05) is 61.4 Å². The highest BCUT2D eigenvalue weighted by molar-refractivity contribution is 6.07. The number of aromatic nitrogens is 5. The van der Waals surface area contributed by atoms with Crippen molar-refractivity contribution in [2.75, 3.05) is 137 Å². The van der Waals surface area contributed by atoms with Gasteiger partial charge in [0.25, 0.3) is 53.2 Å². The molecule has 0 radical (unpaired) electrons. The third-order valence-corrected chi connectivity index (χ3v) is 21.1. The predicted molar refractivity (Wildman–Crippen MR) is 442 cm³/mol. The zero-order valence-electron chi connectivity index (χ0n) is 67.0. The molecule has 37 heteroatoms. The first-order valence-electron chi connectivity index (χ1n) is 40.6. The third-order valence-electron chi connectivity index (χ3n) is 21.1. The maximum absolute atomic E-state index is 14.8. The van der Waals surface area contributed by atoms with Crippen LogP contribution in [0.2, 0.25) is 0 Å². The Morgan fingerprint density at radius 2 is 0.884 bits per heavy atom. The predicted octanol–water partition coefficient (Wildman–Crippen LogP) is 2.44. The minimum absolute atomic E-state index is 0.00124. The fourth-order valence-corrected chi connectivity index (χ4v) is 14.3. The van der Waals surface area contributed by atoms with Crippen LogP contribution in [0.25, 0.3) is 11.2 Å². The van der Waals surface area contributed by atoms with E-state index in [0.29, 0.717) is 73.9 Å². The van der Waals surface area contributed by atoms with Crippen molar-refractivity contribution in [3.8, 4) is 28.9 Å². The molecule has 0 spiro atoms. The summed E-state index contributed by atoms with van der Waals surface area (Å²) in [5.41, 5.74) is 8.20. The van der Waals surface area contributed by atoms with Crippen LogP contribution in [0.1, 0.15) is 168 Å². The molecule has 8 aromatic rings. The normalized spacial score (nSPS) is 18.8. The van der Waals surface area contributed by atoms with Gasteiger partial charge in [-0.25, -0.2) is 4.98 Å². The number of rotatable bonds is 20. The van der Waals surface area contributed by atoms with Gasteiger partial charge in [-0.3, -0.25) is 87.1 Å². The molecule has 4 aliphatic heterocycles. The summed E-state index contributed by atoms with van der Waals surface area (Å²) in [5.74, 6) is -7.51. The molecule has 4 aliphatic rings. The van der Waals surface area contributed by atoms with Crippen molar-refractivity contribution < 1.29 is 77.5 Å². The Kier molecular flexibility index (Phi) is 31.1. The van der Waals surface area contributed by atoms with Crippen molar-refractivity contribution in [2.24, 2.45) is 0 Å². The molecular formula is C84H101N21O16. The Morgan fingerprint density at radius 1 is 0.455 bits per heavy atom. The van der Waals surface area contributed by atoms with E-state index < -0.39 is 64.8 Å². The molecule has 0 saturated carbocycles. The van der Waals surface area contributed by atoms with Crippen molar-refractivity contribution in [3.63, 3.8) is 0 Å². The molecule has 0 saturated heterocycles. The Hall–Kier alpha value is -13.4. The highest BCUT2D eigenvalue weighted by Gasteiger charge is 2.31. The Balaban J connectivity index is 0.697. The van der Waals surface area contributed by atoms with E-state index in [4.69, 9.17) is 20.2 Å². The number of benzene rings is 5. The number of nitrogens with zero attached hydrogens (tertiary/aromatic N) is 8. The number of imidazole rings is 1. The molecule has 7 heterocycles. The third kappa shape index (κ3) is 24.6. The fourth-order valence-electron chi connectivity index (χ4n) is 14.3. The summed E-state index contributed by atoms with van der Waals surface area (Å²) in [5, 5.41) is 55.6. The molecule has 5 unspecified atom stereocenters. The topological polar surface area (TPSA) is 495 Å². The highest BCUT2D eigenvalue weighted by atomic mass is 17.2. The number of para-hydroxylation sites is 4. The van der Waals surface area contributed by atoms with Gasteiger partial charge in [-0.2, -0.15) is 9.97 Å². The first kappa shape index (κ1) is 86.9. The number of unbranched alkanes of at least 4 members (excludes halogenated alkanes) is 4. The maximum Gasteiger partial charge on any atom is 0.255 e. The lowest BCUT2D eigenvalue weighted by Crippen LogP contribution is -2.49. The van der Waals surface area contributed by atoms with Gasteiger partial charge < -0.3 is 84.2 Å². The van der Waals surface area contributed by atoms with Crippen molar-refractivity contribution in [1.29, 1.82) is 0 Å². The summed E-state index contributed by atoms with van der Waals surface area (Å²) in [6, 6.07) is 27.4. The van der Waals surface area contributed by atoms with Gasteiger partial charge in [-0.15, -0.1) is 0 Å². The summed E-state index contributed by atoms with van der Waals surface area (Å²) >= 11 is 0. The molecule has 3 aromatic heterocycles. The van der Waals surface area contributed by atoms with Crippen molar-refractivity contribution >= 4 is 82.1 Å². The van der Waals surface area contributed by atoms with Gasteiger partial charge in [0, 0.05) is 163 Å². The number of pyridine rings is 1. The monoisotopic (exact) mass is 1660 g/mol. The smallest absolute Gasteiger partial charge is 0.255 e. The van der Waals surface area contributed by atoms with E-state index in [1.54, 1.807) is 12.1 Å². The van der Waals surface area contributed by atoms with E-state index in [9.17, 15) is 63.0 Å². The summed E-state index contributed by atoms with van der Waals surface area (Å²) in [6.45, 7) is 3.23. The summed E-state index contributed by atoms with van der Waals surface area (Å²) in [4.78, 5) is 194. The van der Waals surface area contributed by atoms with Crippen LogP contribution < -0.4 is 78.7 Å². The fraction of sp³-hybridized carbons (Fsp3) is 0.393. The van der Waals surface area contributed by atoms with Crippen LogP contribution in [0.3, 0.4) is 0 Å². The number of hydrogen-bond donors (Lipinski definition) is 15. The number of aromatic amines is 1. The lowest BCUT2D eigenvalue weighted by atomic mass is 10.0. The Labute approximate surface area is 697 Å². The van der Waals surface area contributed by atoms with Gasteiger partial charge in [0.2, 0.25) is 35.1 Å². The Bertz CT molecular complexity index is 5030. The largest absolute Gasteiger partial charge is 0.506 e. The number of carbonyl (C=O) groups excluding carboxylic acids is 11. The number of H-pyrrole nitrogens is 1. The molecule has 5 atom stereocenters. The number of hydrogen-bond acceptors (Lipinski definition) is 25. The first-order chi connectivity index (χ1) is 58.8. The SMILES string of the molecule is Nc1nc(OCc2ccc(CNC(=O)c3ccc(CNC(=O)CCCCCCC(=O)NCCCCC4CN5CCNC(=O)c6cccc7c6OOc6c8cccc6C(=O)NCCN(CCNC(=O)c6cccc(c6O)C(=O)NCCN(CCNC8=O)CCN(CCNC(=O)c6cccc(c6O)C(=O)N4)CCNC7=O)CC5)nc3)cc2)c2nc[nH]c2n1. The maximum atomic E-state index is 14.8. The van der Waals surface area contributed by atoms with Crippen LogP contribution >= 0.6 is 0 Å². The Morgan fingerprint density at radius 3 is 1.36 bits per heavy atom. The number of nitrogens with two attached hydrogens (primary N) is 1. The van der Waals surface area contributed by atoms with Crippen LogP contribution in [0.4, 0.5) is 5.95 Å². The van der Waals surface area contributed by atoms with E-state index in [1.807, 2.05) is 43.9 Å². The van der Waals surface area contributed by atoms with E-state index in [-0.39, 0.29) is 242 Å². The van der Waals surface area contributed by atoms with E-state index >= 15 is 0 Å². The summed E-state index contributed by atoms with van der Waals surface area (Å²) in [7, 11) is 0. The molecule has 14 bridgehead atoms. The van der Waals surface area contributed by atoms with Crippen molar-refractivity contribution in [2.45, 2.75) is 83.5 Å². The molecule has 11 amide bonds. The van der Waals surface area contributed by atoms with E-state index in [2.05, 4.69) is 83.4 Å². The van der Waals surface area contributed by atoms with Gasteiger partial charge >= 0.3 is 0 Å². The van der Waals surface area contributed by atoms with Gasteiger partial charge in [-0.05, 0) is 104 Å². The van der Waals surface area contributed by atoms with Gasteiger partial charge in [0.05, 0.1) is 68.6 Å². The molecule has 12 rings (SSSR count). The van der Waals surface area contributed by atoms with Crippen LogP contribution in [0.15, 0.2) is 122 Å². The van der Waals surface area contributed by atoms with Crippen LogP contribution in [-0.2, 0) is 29.3 Å². The van der Waals surface area contributed by atoms with E-state index in [1.165, 1.54) is 85.3 Å². The average Bonchev–Trinajstić information content (AvgIpc) is 1.79. The zero-order valence-corrected chi connectivity index (χ0v) is 67.0. The number of fused-ring (bicyclic) bond motifs is 22. The number of nitrogens with one attached hydrogen (secondary N) is 12. The lowest BCUT2D eigenvalue weighted by Gasteiger charge is -2.31. The number of amides is 11. The average molecular weight is 1660 g/mol. The minimum atomic E-state index is -0.700. The zero-order chi connectivity index (χ0) is 85.0. The number of aromatic hydroxyl groups is 2. The second-order valence-corrected chi connectivity index (χ2v) is 29.6. The highest BCUT2D eigenvalue weighted by Crippen LogP contribution is 2.32. The molecule has 37 nitrogen and oxygen atoms in total. The standard InChI is InChI=1S/C84H101N21O16/c85-84-100-73-68(97-52-98-73)83(101-84)119-51-54-24-22-53(23-25-54)47-96-74(110)55-26-27-56(94-48-55)49-95-67(107)21-4-2-1-3-20-66(106)86-28-6-5-11-57-50-105-42-35-93-81(117)65-19-10-18-64-72(65)121-120-71-62-16-9-17-63(71)80(116)92-34-41-104(45-46-105)38-31-88-76(112)59-13-7-12-58(69(59)108)75(111)87-29-36-102(39-32-90-78(62)114)43-44-103(40-33-91-79(64)115)37-30-89-77(113)60-14-8-15-61(70(60)109)82(118)99-57/h7-10,12-19,22-27,48,52,57,108-109H,1-6,11,20-21,28-47,49-51H2,(H,86,106)(H,87,111)(H,88,112)(H,89,113)(H,90,114)(H,91,115)(H,92,116)(H,93,117)(H,95,107)(H,96,110)(H,99,118)(H3,85,97,98,100,101). The summed E-state index contributed by atoms with van der Waals surface area (Å²) < 4.78 is 5.86. The van der Waals surface area contributed by atoms with Gasteiger partial charge in [0.1, 0.15) is 18.1 Å². The first-order valence-corrected chi connectivity index (χ1v) is 40.6. The number of ether oxygens (including phenoxy) is 1. The molecular weight excluding hydrogens is 1560 g/mol. The van der Waals surface area contributed by atoms with Crippen molar-refractivity contribution in [3.05, 3.63) is 189 Å². The number of phenolic OH excluding ortho intramolecular Hbond substituents is 2. The minimum Gasteiger partial charge on any atom is -0.506 e. The molecule has 16 N–H and O–H groups in total. The number of phenols is 2. The second-order valence-electron chi connectivity index (χ2n) is 29.6. The lowest BCUT2D eigenvalue weighted by molar-refractivity contribution is -0.122. The number of carbonyl (C=O) groups is 11. The van der Waals surface area contributed by atoms with Crippen LogP contribution in [-0.4, -0.2) is 257 Å². The number of nitrogen functional groups attached to an aromatic ring is 1. The molecule has 638 valence electrons. The molecule has 0 aliphatic carbocycles. The molecule has 0 fully saturated rings. The molecule has 121 heavy (non-hydrogen) atoms. The molecule has 5 aromatic carbocycles. The van der Waals surface area contributed by atoms with Crippen molar-refractivity contribution in [1.82, 2.24) is 103 Å². The quantitative estimate of drug-likeness (QED) is 0.0385. The van der Waals surface area contributed by atoms with Crippen LogP contribution in [0, 0.1) is 0 Å². The summed E-state index contributed by atoms with van der Waals surface area (Å²) in [6.07, 6.45) is 7.33. The van der Waals surface area contributed by atoms with Crippen LogP contribution in [0.5, 0.6) is 28.9 Å².